The minimum absolute atomic E-state index is 0.0277. The Labute approximate surface area is 263 Å². The van der Waals surface area contributed by atoms with Gasteiger partial charge in [-0.05, 0) is 46.0 Å². The average Bonchev–Trinajstić information content (AvgIpc) is 3.40. The van der Waals surface area contributed by atoms with E-state index in [1.54, 1.807) is 0 Å². The first-order valence-electron chi connectivity index (χ1n) is 15.5. The van der Waals surface area contributed by atoms with E-state index in [1.165, 1.54) is 38.9 Å². The Morgan fingerprint density at radius 3 is 1.82 bits per heavy atom. The zero-order chi connectivity index (χ0) is 30.0. The lowest BCUT2D eigenvalue weighted by Gasteiger charge is -2.39. The molecular formula is C42H30N2O. The lowest BCUT2D eigenvalue weighted by Crippen LogP contribution is -2.33. The molecule has 9 rings (SSSR count). The summed E-state index contributed by atoms with van der Waals surface area (Å²) in [5.41, 5.74) is 11.3. The van der Waals surface area contributed by atoms with Crippen molar-refractivity contribution in [2.24, 2.45) is 4.99 Å². The van der Waals surface area contributed by atoms with Crippen LogP contribution in [0.15, 0.2) is 163 Å². The quantitative estimate of drug-likeness (QED) is 0.209. The molecule has 2 aliphatic heterocycles. The molecule has 3 nitrogen and oxygen atoms in total. The molecule has 214 valence electrons. The van der Waals surface area contributed by atoms with Crippen LogP contribution in [-0.4, -0.2) is 17.8 Å². The maximum Gasteiger partial charge on any atom is 0.137 e. The van der Waals surface area contributed by atoms with Gasteiger partial charge in [-0.25, -0.2) is 4.99 Å². The maximum absolute atomic E-state index is 6.54. The van der Waals surface area contributed by atoms with Crippen LogP contribution in [-0.2, 0) is 5.41 Å². The second kappa shape index (κ2) is 9.93. The van der Waals surface area contributed by atoms with Gasteiger partial charge in [0.05, 0.1) is 17.2 Å². The summed E-state index contributed by atoms with van der Waals surface area (Å²) in [6.07, 6.45) is 2.33. The van der Waals surface area contributed by atoms with E-state index in [-0.39, 0.29) is 6.04 Å². The lowest BCUT2D eigenvalue weighted by atomic mass is 9.66. The fraction of sp³-hybridized carbons (Fsp3) is 0.0714. The third-order valence-corrected chi connectivity index (χ3v) is 9.61. The second-order valence-corrected chi connectivity index (χ2v) is 11.9. The predicted octanol–water partition coefficient (Wildman–Crippen LogP) is 9.63. The topological polar surface area (TPSA) is 24.8 Å². The molecule has 0 amide bonds. The minimum atomic E-state index is -0.510. The van der Waals surface area contributed by atoms with Crippen LogP contribution < -0.4 is 4.74 Å². The number of para-hydroxylation sites is 2. The highest BCUT2D eigenvalue weighted by molar-refractivity contribution is 6.05. The van der Waals surface area contributed by atoms with Crippen LogP contribution in [0.3, 0.4) is 0 Å². The molecule has 3 aliphatic rings. The van der Waals surface area contributed by atoms with Crippen LogP contribution >= 0.6 is 0 Å². The van der Waals surface area contributed by atoms with Crippen LogP contribution in [0.1, 0.15) is 45.0 Å². The van der Waals surface area contributed by atoms with Crippen molar-refractivity contribution in [1.29, 1.82) is 0 Å². The Kier molecular flexibility index (Phi) is 5.69. The standard InChI is InChI=1S/C42H30N2O/c1-44-37(28-15-4-2-5-16-28)27-36(43-41(44)29-17-6-3-7-18-29)31-20-14-24-35-40(31)30-19-8-9-21-32(30)42(35)33-22-10-12-25-38(33)45-39-26-13-11-23-34(39)42/h2-27,37H,1H3. The van der Waals surface area contributed by atoms with Crippen molar-refractivity contribution in [3.63, 3.8) is 0 Å². The molecular weight excluding hydrogens is 548 g/mol. The van der Waals surface area contributed by atoms with E-state index in [2.05, 4.69) is 170 Å². The highest BCUT2D eigenvalue weighted by atomic mass is 16.5. The number of hydrogen-bond donors (Lipinski definition) is 0. The van der Waals surface area contributed by atoms with Crippen molar-refractivity contribution in [3.05, 3.63) is 197 Å². The van der Waals surface area contributed by atoms with Gasteiger partial charge in [-0.15, -0.1) is 0 Å². The van der Waals surface area contributed by atoms with Crippen LogP contribution in [0, 0.1) is 0 Å². The molecule has 0 saturated carbocycles. The van der Waals surface area contributed by atoms with E-state index >= 15 is 0 Å². The number of benzene rings is 6. The Bertz CT molecular complexity index is 2120. The number of nitrogens with zero attached hydrogens (tertiary/aromatic N) is 2. The molecule has 45 heavy (non-hydrogen) atoms. The highest BCUT2D eigenvalue weighted by Crippen LogP contribution is 2.63. The SMILES string of the molecule is CN1C(c2ccccc2)=NC(c2cccc3c2-c2ccccc2C32c3ccccc3Oc3ccccc32)=CC1c1ccccc1. The van der Waals surface area contributed by atoms with Gasteiger partial charge in [0.2, 0.25) is 0 Å². The molecule has 0 bridgehead atoms. The van der Waals surface area contributed by atoms with Gasteiger partial charge in [-0.1, -0.05) is 140 Å². The molecule has 1 aliphatic carbocycles. The Morgan fingerprint density at radius 2 is 1.11 bits per heavy atom. The van der Waals surface area contributed by atoms with Crippen molar-refractivity contribution in [2.45, 2.75) is 11.5 Å². The Balaban J connectivity index is 1.35. The number of likely N-dealkylation sites (N-methyl/N-ethyl adjacent to an activating group) is 1. The number of aliphatic imine (C=N–C) groups is 1. The molecule has 6 aromatic carbocycles. The van der Waals surface area contributed by atoms with Gasteiger partial charge in [0.1, 0.15) is 17.3 Å². The molecule has 3 heteroatoms. The average molecular weight is 579 g/mol. The number of amidine groups is 1. The van der Waals surface area contributed by atoms with Gasteiger partial charge < -0.3 is 9.64 Å². The van der Waals surface area contributed by atoms with E-state index in [1.807, 2.05) is 0 Å². The number of hydrogen-bond acceptors (Lipinski definition) is 3. The summed E-state index contributed by atoms with van der Waals surface area (Å²) in [6, 6.07) is 54.0. The molecule has 1 unspecified atom stereocenters. The van der Waals surface area contributed by atoms with Gasteiger partial charge in [0, 0.05) is 29.3 Å². The highest BCUT2D eigenvalue weighted by Gasteiger charge is 2.51. The molecule has 0 radical (unpaired) electrons. The Morgan fingerprint density at radius 1 is 0.556 bits per heavy atom. The molecule has 1 atom stereocenters. The number of fused-ring (bicyclic) bond motifs is 9. The fourth-order valence-electron chi connectivity index (χ4n) is 7.72. The minimum Gasteiger partial charge on any atom is -0.457 e. The van der Waals surface area contributed by atoms with Crippen LogP contribution in [0.25, 0.3) is 16.8 Å². The molecule has 2 heterocycles. The summed E-state index contributed by atoms with van der Waals surface area (Å²) in [5, 5.41) is 0. The first-order valence-corrected chi connectivity index (χ1v) is 15.5. The third-order valence-electron chi connectivity index (χ3n) is 9.61. The second-order valence-electron chi connectivity index (χ2n) is 11.9. The van der Waals surface area contributed by atoms with Gasteiger partial charge in [-0.2, -0.15) is 0 Å². The molecule has 1 spiro atoms. The predicted molar refractivity (Wildman–Crippen MR) is 182 cm³/mol. The van der Waals surface area contributed by atoms with Crippen molar-refractivity contribution >= 4 is 11.5 Å². The molecule has 0 fully saturated rings. The smallest absolute Gasteiger partial charge is 0.137 e. The lowest BCUT2D eigenvalue weighted by molar-refractivity contribution is 0.435. The summed E-state index contributed by atoms with van der Waals surface area (Å²) in [7, 11) is 2.15. The summed E-state index contributed by atoms with van der Waals surface area (Å²) in [5.74, 6) is 2.76. The van der Waals surface area contributed by atoms with Crippen molar-refractivity contribution < 1.29 is 4.74 Å². The monoisotopic (exact) mass is 578 g/mol. The normalized spacial score (nSPS) is 16.9. The number of rotatable bonds is 3. The van der Waals surface area contributed by atoms with Gasteiger partial charge >= 0.3 is 0 Å². The van der Waals surface area contributed by atoms with Crippen molar-refractivity contribution in [2.75, 3.05) is 7.05 Å². The largest absolute Gasteiger partial charge is 0.457 e. The van der Waals surface area contributed by atoms with Gasteiger partial charge in [0.25, 0.3) is 0 Å². The molecule has 0 aromatic heterocycles. The summed E-state index contributed by atoms with van der Waals surface area (Å²) >= 11 is 0. The molecule has 0 N–H and O–H groups in total. The van der Waals surface area contributed by atoms with Crippen molar-refractivity contribution in [1.82, 2.24) is 4.90 Å². The van der Waals surface area contributed by atoms with Crippen LogP contribution in [0.2, 0.25) is 0 Å². The summed E-state index contributed by atoms with van der Waals surface area (Å²) in [4.78, 5) is 7.72. The first kappa shape index (κ1) is 25.8. The van der Waals surface area contributed by atoms with E-state index < -0.39 is 5.41 Å². The number of ether oxygens (including phenoxy) is 1. The first-order chi connectivity index (χ1) is 22.2. The summed E-state index contributed by atoms with van der Waals surface area (Å²) < 4.78 is 6.54. The van der Waals surface area contributed by atoms with Crippen LogP contribution in [0.5, 0.6) is 11.5 Å². The molecule has 6 aromatic rings. The van der Waals surface area contributed by atoms with Gasteiger partial charge in [-0.3, -0.25) is 0 Å². The van der Waals surface area contributed by atoms with Crippen LogP contribution in [0.4, 0.5) is 0 Å². The Hall–Kier alpha value is -5.67. The van der Waals surface area contributed by atoms with E-state index in [0.717, 1.165) is 34.2 Å². The fourth-order valence-corrected chi connectivity index (χ4v) is 7.72. The van der Waals surface area contributed by atoms with E-state index in [9.17, 15) is 0 Å². The van der Waals surface area contributed by atoms with Gasteiger partial charge in [0.15, 0.2) is 0 Å². The van der Waals surface area contributed by atoms with Crippen molar-refractivity contribution in [3.8, 4) is 22.6 Å². The third kappa shape index (κ3) is 3.67. The van der Waals surface area contributed by atoms with E-state index in [0.29, 0.717) is 0 Å². The zero-order valence-electron chi connectivity index (χ0n) is 24.9. The maximum atomic E-state index is 6.54. The summed E-state index contributed by atoms with van der Waals surface area (Å²) in [6.45, 7) is 0. The zero-order valence-corrected chi connectivity index (χ0v) is 24.9. The van der Waals surface area contributed by atoms with E-state index in [4.69, 9.17) is 9.73 Å². The molecule has 0 saturated heterocycles.